The van der Waals surface area contributed by atoms with Crippen LogP contribution < -0.4 is 10.1 Å². The fourth-order valence-electron chi connectivity index (χ4n) is 3.53. The molecule has 0 heterocycles. The summed E-state index contributed by atoms with van der Waals surface area (Å²) in [5, 5.41) is 3.77. The van der Waals surface area contributed by atoms with E-state index in [4.69, 9.17) is 27.9 Å². The highest BCUT2D eigenvalue weighted by Gasteiger charge is 2.31. The molecular weight excluding hydrogens is 598 g/mol. The average Bonchev–Trinajstić information content (AvgIpc) is 2.83. The summed E-state index contributed by atoms with van der Waals surface area (Å²) in [6, 6.07) is 21.4. The topological polar surface area (TPSA) is 58.6 Å². The molecule has 0 aliphatic heterocycles. The van der Waals surface area contributed by atoms with Crippen LogP contribution >= 0.6 is 45.8 Å². The largest absolute Gasteiger partial charge is 0.484 e. The van der Waals surface area contributed by atoms with Crippen LogP contribution in [0, 0.1) is 3.57 Å². The third-order valence-electron chi connectivity index (χ3n) is 5.21. The standard InChI is InChI=1S/C27H27Cl2IN2O3/c1-18(2)31-27(34)25(15-19-6-4-3-5-7-19)32(16-20-8-13-23(28)24(29)14-20)26(33)17-35-22-11-9-21(30)10-12-22/h3-14,18,25H,15-17H2,1-2H3,(H,31,34)/t25-/m1/s1. The van der Waals surface area contributed by atoms with Gasteiger partial charge in [-0.15, -0.1) is 0 Å². The van der Waals surface area contributed by atoms with Gasteiger partial charge in [0, 0.05) is 22.6 Å². The highest BCUT2D eigenvalue weighted by Crippen LogP contribution is 2.24. The molecule has 3 rings (SSSR count). The lowest BCUT2D eigenvalue weighted by atomic mass is 10.0. The second-order valence-electron chi connectivity index (χ2n) is 8.38. The van der Waals surface area contributed by atoms with E-state index in [1.54, 1.807) is 23.1 Å². The van der Waals surface area contributed by atoms with E-state index >= 15 is 0 Å². The van der Waals surface area contributed by atoms with Gasteiger partial charge in [-0.3, -0.25) is 9.59 Å². The first kappa shape index (κ1) is 27.3. The molecular formula is C27H27Cl2IN2O3. The Morgan fingerprint density at radius 2 is 1.63 bits per heavy atom. The van der Waals surface area contributed by atoms with Crippen molar-refractivity contribution in [3.8, 4) is 5.75 Å². The summed E-state index contributed by atoms with van der Waals surface area (Å²) in [5.41, 5.74) is 1.71. The van der Waals surface area contributed by atoms with E-state index in [1.807, 2.05) is 68.4 Å². The lowest BCUT2D eigenvalue weighted by Gasteiger charge is -2.32. The monoisotopic (exact) mass is 624 g/mol. The van der Waals surface area contributed by atoms with E-state index in [-0.39, 0.29) is 31.0 Å². The zero-order valence-corrected chi connectivity index (χ0v) is 23.2. The van der Waals surface area contributed by atoms with Crippen LogP contribution in [0.1, 0.15) is 25.0 Å². The third-order valence-corrected chi connectivity index (χ3v) is 6.67. The summed E-state index contributed by atoms with van der Waals surface area (Å²) >= 11 is 14.5. The molecule has 5 nitrogen and oxygen atoms in total. The minimum atomic E-state index is -0.748. The number of nitrogens with zero attached hydrogens (tertiary/aromatic N) is 1. The molecule has 0 saturated carbocycles. The van der Waals surface area contributed by atoms with Crippen molar-refractivity contribution in [2.75, 3.05) is 6.61 Å². The smallest absolute Gasteiger partial charge is 0.261 e. The van der Waals surface area contributed by atoms with Crippen molar-refractivity contribution in [3.05, 3.63) is 97.5 Å². The van der Waals surface area contributed by atoms with E-state index in [9.17, 15) is 9.59 Å². The van der Waals surface area contributed by atoms with Gasteiger partial charge in [-0.2, -0.15) is 0 Å². The zero-order chi connectivity index (χ0) is 25.4. The van der Waals surface area contributed by atoms with E-state index in [0.717, 1.165) is 14.7 Å². The Morgan fingerprint density at radius 1 is 0.943 bits per heavy atom. The Balaban J connectivity index is 1.92. The van der Waals surface area contributed by atoms with Crippen molar-refractivity contribution in [2.45, 2.75) is 38.9 Å². The number of rotatable bonds is 10. The zero-order valence-electron chi connectivity index (χ0n) is 19.5. The second-order valence-corrected chi connectivity index (χ2v) is 10.4. The maximum absolute atomic E-state index is 13.5. The first-order chi connectivity index (χ1) is 16.7. The molecule has 0 aliphatic rings. The van der Waals surface area contributed by atoms with Gasteiger partial charge in [0.2, 0.25) is 5.91 Å². The summed E-state index contributed by atoms with van der Waals surface area (Å²) in [4.78, 5) is 28.4. The van der Waals surface area contributed by atoms with Crippen LogP contribution in [0.3, 0.4) is 0 Å². The first-order valence-corrected chi connectivity index (χ1v) is 13.0. The summed E-state index contributed by atoms with van der Waals surface area (Å²) in [5.74, 6) is 0.0421. The Bertz CT molecular complexity index is 1140. The molecule has 0 saturated heterocycles. The molecule has 0 fully saturated rings. The molecule has 0 unspecified atom stereocenters. The van der Waals surface area contributed by atoms with Gasteiger partial charge in [0.05, 0.1) is 10.0 Å². The van der Waals surface area contributed by atoms with Gasteiger partial charge in [0.15, 0.2) is 6.61 Å². The van der Waals surface area contributed by atoms with Crippen LogP contribution in [0.15, 0.2) is 72.8 Å². The molecule has 3 aromatic carbocycles. The van der Waals surface area contributed by atoms with E-state index in [0.29, 0.717) is 22.2 Å². The Hall–Kier alpha value is -2.29. The molecule has 0 aromatic heterocycles. The number of amides is 2. The van der Waals surface area contributed by atoms with Crippen LogP contribution in [-0.4, -0.2) is 35.4 Å². The van der Waals surface area contributed by atoms with Crippen molar-refractivity contribution in [1.82, 2.24) is 10.2 Å². The van der Waals surface area contributed by atoms with Gasteiger partial charge in [0.25, 0.3) is 5.91 Å². The predicted molar refractivity (Wildman–Crippen MR) is 149 cm³/mol. The van der Waals surface area contributed by atoms with Gasteiger partial charge in [-0.05, 0) is 84.0 Å². The Kier molecular flexibility index (Phi) is 10.2. The van der Waals surface area contributed by atoms with Crippen LogP contribution in [-0.2, 0) is 22.6 Å². The molecule has 0 aliphatic carbocycles. The van der Waals surface area contributed by atoms with Crippen molar-refractivity contribution in [1.29, 1.82) is 0 Å². The maximum atomic E-state index is 13.5. The number of carbonyl (C=O) groups is 2. The minimum Gasteiger partial charge on any atom is -0.484 e. The van der Waals surface area contributed by atoms with Gasteiger partial charge < -0.3 is 15.0 Å². The first-order valence-electron chi connectivity index (χ1n) is 11.2. The molecule has 3 aromatic rings. The van der Waals surface area contributed by atoms with Gasteiger partial charge in [0.1, 0.15) is 11.8 Å². The van der Waals surface area contributed by atoms with Crippen molar-refractivity contribution < 1.29 is 14.3 Å². The van der Waals surface area contributed by atoms with Crippen LogP contribution in [0.25, 0.3) is 0 Å². The third kappa shape index (κ3) is 8.40. The minimum absolute atomic E-state index is 0.0780. The number of ether oxygens (including phenoxy) is 1. The second kappa shape index (κ2) is 13.1. The van der Waals surface area contributed by atoms with E-state index in [2.05, 4.69) is 27.9 Å². The van der Waals surface area contributed by atoms with Crippen molar-refractivity contribution >= 4 is 57.6 Å². The fourth-order valence-corrected chi connectivity index (χ4v) is 4.21. The predicted octanol–water partition coefficient (Wildman–Crippen LogP) is 6.14. The SMILES string of the molecule is CC(C)NC(=O)[C@@H](Cc1ccccc1)N(Cc1ccc(Cl)c(Cl)c1)C(=O)COc1ccc(I)cc1. The quantitative estimate of drug-likeness (QED) is 0.276. The Morgan fingerprint density at radius 3 is 2.26 bits per heavy atom. The van der Waals surface area contributed by atoms with Crippen molar-refractivity contribution in [2.24, 2.45) is 0 Å². The maximum Gasteiger partial charge on any atom is 0.261 e. The lowest BCUT2D eigenvalue weighted by molar-refractivity contribution is -0.143. The summed E-state index contributed by atoms with van der Waals surface area (Å²) in [7, 11) is 0. The molecule has 35 heavy (non-hydrogen) atoms. The molecule has 0 bridgehead atoms. The van der Waals surface area contributed by atoms with Crippen LogP contribution in [0.2, 0.25) is 10.0 Å². The molecule has 8 heteroatoms. The van der Waals surface area contributed by atoms with E-state index in [1.165, 1.54) is 0 Å². The Labute approximate surface area is 229 Å². The summed E-state index contributed by atoms with van der Waals surface area (Å²) < 4.78 is 6.84. The number of nitrogens with one attached hydrogen (secondary N) is 1. The normalized spacial score (nSPS) is 11.7. The number of hydrogen-bond donors (Lipinski definition) is 1. The van der Waals surface area contributed by atoms with Crippen LogP contribution in [0.5, 0.6) is 5.75 Å². The van der Waals surface area contributed by atoms with Gasteiger partial charge in [-0.1, -0.05) is 59.6 Å². The van der Waals surface area contributed by atoms with Gasteiger partial charge in [-0.25, -0.2) is 0 Å². The number of benzene rings is 3. The number of hydrogen-bond acceptors (Lipinski definition) is 3. The highest BCUT2D eigenvalue weighted by atomic mass is 127. The molecule has 184 valence electrons. The summed E-state index contributed by atoms with van der Waals surface area (Å²) in [6.45, 7) is 3.75. The van der Waals surface area contributed by atoms with Crippen LogP contribution in [0.4, 0.5) is 0 Å². The lowest BCUT2D eigenvalue weighted by Crippen LogP contribution is -2.52. The molecule has 0 spiro atoms. The van der Waals surface area contributed by atoms with E-state index < -0.39 is 6.04 Å². The number of halogens is 3. The number of carbonyl (C=O) groups excluding carboxylic acids is 2. The molecule has 1 atom stereocenters. The molecule has 1 N–H and O–H groups in total. The average molecular weight is 625 g/mol. The fraction of sp³-hybridized carbons (Fsp3) is 0.259. The van der Waals surface area contributed by atoms with Crippen molar-refractivity contribution in [3.63, 3.8) is 0 Å². The van der Waals surface area contributed by atoms with Gasteiger partial charge >= 0.3 is 0 Å². The summed E-state index contributed by atoms with van der Waals surface area (Å²) in [6.07, 6.45) is 0.357. The highest BCUT2D eigenvalue weighted by molar-refractivity contribution is 14.1. The molecule has 0 radical (unpaired) electrons. The molecule has 2 amide bonds.